The zero-order valence-electron chi connectivity index (χ0n) is 8.73. The summed E-state index contributed by atoms with van der Waals surface area (Å²) in [6.07, 6.45) is 4.17. The molecule has 1 aromatic heterocycles. The van der Waals surface area contributed by atoms with Gasteiger partial charge in [0.05, 0.1) is 5.56 Å². The van der Waals surface area contributed by atoms with Crippen molar-refractivity contribution in [3.63, 3.8) is 0 Å². The number of nitrogens with zero attached hydrogens (tertiary/aromatic N) is 1. The SMILES string of the molecule is C=CCC(C)Nc1ccc(C(N)=O)cn1. The number of primary amides is 1. The Morgan fingerprint density at radius 3 is 2.93 bits per heavy atom. The first-order valence-corrected chi connectivity index (χ1v) is 4.76. The third-order valence-electron chi connectivity index (χ3n) is 1.96. The standard InChI is InChI=1S/C11H15N3O/c1-3-4-8(2)14-10-6-5-9(7-13-10)11(12)15/h3,5-8H,1,4H2,2H3,(H2,12,15)(H,13,14). The molecule has 1 aromatic rings. The average molecular weight is 205 g/mol. The first-order chi connectivity index (χ1) is 7.13. The molecule has 4 heteroatoms. The van der Waals surface area contributed by atoms with Gasteiger partial charge in [-0.3, -0.25) is 4.79 Å². The van der Waals surface area contributed by atoms with E-state index in [1.807, 2.05) is 13.0 Å². The highest BCUT2D eigenvalue weighted by Gasteiger charge is 2.03. The van der Waals surface area contributed by atoms with Gasteiger partial charge in [0, 0.05) is 12.2 Å². The Morgan fingerprint density at radius 2 is 2.47 bits per heavy atom. The van der Waals surface area contributed by atoms with Gasteiger partial charge in [0.1, 0.15) is 5.82 Å². The molecule has 0 fully saturated rings. The summed E-state index contributed by atoms with van der Waals surface area (Å²) in [7, 11) is 0. The zero-order valence-corrected chi connectivity index (χ0v) is 8.73. The number of carbonyl (C=O) groups excluding carboxylic acids is 1. The van der Waals surface area contributed by atoms with Crippen molar-refractivity contribution in [1.29, 1.82) is 0 Å². The molecule has 0 spiro atoms. The summed E-state index contributed by atoms with van der Waals surface area (Å²) in [4.78, 5) is 14.9. The molecule has 0 bridgehead atoms. The Hall–Kier alpha value is -1.84. The van der Waals surface area contributed by atoms with Crippen LogP contribution in [0.3, 0.4) is 0 Å². The van der Waals surface area contributed by atoms with Gasteiger partial charge in [0.25, 0.3) is 0 Å². The smallest absolute Gasteiger partial charge is 0.250 e. The second kappa shape index (κ2) is 5.14. The monoisotopic (exact) mass is 205 g/mol. The Bertz CT molecular complexity index is 345. The second-order valence-electron chi connectivity index (χ2n) is 3.37. The van der Waals surface area contributed by atoms with Gasteiger partial charge >= 0.3 is 0 Å². The molecule has 0 aliphatic carbocycles. The van der Waals surface area contributed by atoms with Gasteiger partial charge in [0.15, 0.2) is 0 Å². The van der Waals surface area contributed by atoms with Crippen molar-refractivity contribution < 1.29 is 4.79 Å². The van der Waals surface area contributed by atoms with Crippen LogP contribution in [0.1, 0.15) is 23.7 Å². The van der Waals surface area contributed by atoms with E-state index in [-0.39, 0.29) is 6.04 Å². The molecule has 0 aliphatic heterocycles. The lowest BCUT2D eigenvalue weighted by Gasteiger charge is -2.11. The number of hydrogen-bond acceptors (Lipinski definition) is 3. The van der Waals surface area contributed by atoms with Crippen LogP contribution in [-0.2, 0) is 0 Å². The first-order valence-electron chi connectivity index (χ1n) is 4.76. The minimum absolute atomic E-state index is 0.273. The lowest BCUT2D eigenvalue weighted by atomic mass is 10.2. The van der Waals surface area contributed by atoms with Crippen LogP contribution in [0.25, 0.3) is 0 Å². The molecule has 0 aliphatic rings. The molecule has 1 heterocycles. The first kappa shape index (κ1) is 11.2. The topological polar surface area (TPSA) is 68.0 Å². The summed E-state index contributed by atoms with van der Waals surface area (Å²) in [6, 6.07) is 3.66. The fourth-order valence-corrected chi connectivity index (χ4v) is 1.19. The van der Waals surface area contributed by atoms with E-state index >= 15 is 0 Å². The predicted octanol–water partition coefficient (Wildman–Crippen LogP) is 1.56. The quantitative estimate of drug-likeness (QED) is 0.717. The van der Waals surface area contributed by atoms with E-state index < -0.39 is 5.91 Å². The molecule has 1 amide bonds. The van der Waals surface area contributed by atoms with E-state index in [1.165, 1.54) is 6.20 Å². The van der Waals surface area contributed by atoms with Gasteiger partial charge in [-0.15, -0.1) is 6.58 Å². The number of nitrogens with one attached hydrogen (secondary N) is 1. The molecule has 0 radical (unpaired) electrons. The van der Waals surface area contributed by atoms with Crippen molar-refractivity contribution >= 4 is 11.7 Å². The van der Waals surface area contributed by atoms with Crippen LogP contribution in [-0.4, -0.2) is 16.9 Å². The third-order valence-corrected chi connectivity index (χ3v) is 1.96. The maximum atomic E-state index is 10.8. The Labute approximate surface area is 89.2 Å². The number of hydrogen-bond donors (Lipinski definition) is 2. The van der Waals surface area contributed by atoms with Crippen molar-refractivity contribution in [2.24, 2.45) is 5.73 Å². The van der Waals surface area contributed by atoms with Gasteiger partial charge in [-0.2, -0.15) is 0 Å². The number of amides is 1. The number of anilines is 1. The summed E-state index contributed by atoms with van der Waals surface area (Å²) >= 11 is 0. The highest BCUT2D eigenvalue weighted by atomic mass is 16.1. The van der Waals surface area contributed by atoms with Gasteiger partial charge in [0.2, 0.25) is 5.91 Å². The van der Waals surface area contributed by atoms with E-state index in [4.69, 9.17) is 5.73 Å². The van der Waals surface area contributed by atoms with E-state index in [1.54, 1.807) is 12.1 Å². The molecule has 1 atom stereocenters. The molecule has 1 rings (SSSR count). The summed E-state index contributed by atoms with van der Waals surface area (Å²) in [5.41, 5.74) is 5.51. The number of pyridine rings is 1. The van der Waals surface area contributed by atoms with Crippen LogP contribution >= 0.6 is 0 Å². The fraction of sp³-hybridized carbons (Fsp3) is 0.273. The Balaban J connectivity index is 2.64. The average Bonchev–Trinajstić information content (AvgIpc) is 2.18. The molecule has 1 unspecified atom stereocenters. The van der Waals surface area contributed by atoms with Crippen LogP contribution in [0.4, 0.5) is 5.82 Å². The summed E-state index contributed by atoms with van der Waals surface area (Å²) in [6.45, 7) is 5.69. The lowest BCUT2D eigenvalue weighted by molar-refractivity contribution is 0.1000. The third kappa shape index (κ3) is 3.42. The summed E-state index contributed by atoms with van der Waals surface area (Å²) in [5, 5.41) is 3.17. The Kier molecular flexibility index (Phi) is 3.85. The predicted molar refractivity (Wildman–Crippen MR) is 60.7 cm³/mol. The van der Waals surface area contributed by atoms with Gasteiger partial charge in [-0.25, -0.2) is 4.98 Å². The summed E-state index contributed by atoms with van der Waals surface area (Å²) < 4.78 is 0. The minimum atomic E-state index is -0.465. The van der Waals surface area contributed by atoms with Crippen molar-refractivity contribution in [1.82, 2.24) is 4.98 Å². The van der Waals surface area contributed by atoms with Crippen LogP contribution < -0.4 is 11.1 Å². The fourth-order valence-electron chi connectivity index (χ4n) is 1.19. The van der Waals surface area contributed by atoms with Crippen molar-refractivity contribution in [2.75, 3.05) is 5.32 Å². The molecule has 0 saturated carbocycles. The van der Waals surface area contributed by atoms with Crippen LogP contribution in [0, 0.1) is 0 Å². The van der Waals surface area contributed by atoms with Crippen molar-refractivity contribution in [3.8, 4) is 0 Å². The lowest BCUT2D eigenvalue weighted by Crippen LogP contribution is -2.16. The number of carbonyl (C=O) groups is 1. The maximum absolute atomic E-state index is 10.8. The largest absolute Gasteiger partial charge is 0.367 e. The molecular formula is C11H15N3O. The van der Waals surface area contributed by atoms with Gasteiger partial charge in [-0.05, 0) is 25.5 Å². The molecule has 0 aromatic carbocycles. The number of aromatic nitrogens is 1. The van der Waals surface area contributed by atoms with Crippen LogP contribution in [0.2, 0.25) is 0 Å². The zero-order chi connectivity index (χ0) is 11.3. The normalized spacial score (nSPS) is 11.8. The second-order valence-corrected chi connectivity index (χ2v) is 3.37. The number of nitrogens with two attached hydrogens (primary N) is 1. The van der Waals surface area contributed by atoms with Gasteiger partial charge < -0.3 is 11.1 Å². The van der Waals surface area contributed by atoms with Crippen molar-refractivity contribution in [3.05, 3.63) is 36.5 Å². The summed E-state index contributed by atoms with van der Waals surface area (Å²) in [5.74, 6) is 0.266. The van der Waals surface area contributed by atoms with E-state index in [0.717, 1.165) is 12.2 Å². The van der Waals surface area contributed by atoms with Gasteiger partial charge in [-0.1, -0.05) is 6.08 Å². The van der Waals surface area contributed by atoms with E-state index in [9.17, 15) is 4.79 Å². The highest BCUT2D eigenvalue weighted by molar-refractivity contribution is 5.92. The van der Waals surface area contributed by atoms with Crippen molar-refractivity contribution in [2.45, 2.75) is 19.4 Å². The van der Waals surface area contributed by atoms with E-state index in [2.05, 4.69) is 16.9 Å². The molecule has 80 valence electrons. The maximum Gasteiger partial charge on any atom is 0.250 e. The van der Waals surface area contributed by atoms with Crippen LogP contribution in [0.15, 0.2) is 31.0 Å². The molecule has 3 N–H and O–H groups in total. The van der Waals surface area contributed by atoms with Crippen LogP contribution in [0.5, 0.6) is 0 Å². The molecule has 15 heavy (non-hydrogen) atoms. The highest BCUT2D eigenvalue weighted by Crippen LogP contribution is 2.07. The molecular weight excluding hydrogens is 190 g/mol. The molecule has 0 saturated heterocycles. The number of rotatable bonds is 5. The minimum Gasteiger partial charge on any atom is -0.367 e. The molecule has 4 nitrogen and oxygen atoms in total. The van der Waals surface area contributed by atoms with E-state index in [0.29, 0.717) is 5.56 Å². The Morgan fingerprint density at radius 1 is 1.73 bits per heavy atom.